The lowest BCUT2D eigenvalue weighted by atomic mass is 10.2. The number of benzene rings is 1. The molecule has 0 unspecified atom stereocenters. The van der Waals surface area contributed by atoms with Crippen LogP contribution in [0.15, 0.2) is 24.3 Å². The Bertz CT molecular complexity index is 319. The lowest BCUT2D eigenvalue weighted by Crippen LogP contribution is -2.29. The van der Waals surface area contributed by atoms with Gasteiger partial charge in [-0.25, -0.2) is 5.84 Å². The number of nitrogen functional groups attached to an aromatic ring is 1. The Kier molecular flexibility index (Phi) is 5.58. The number of rotatable bonds is 3. The molecule has 0 saturated carbocycles. The Hall–Kier alpha value is -1.40. The van der Waals surface area contributed by atoms with Gasteiger partial charge in [-0.05, 0) is 24.3 Å². The van der Waals surface area contributed by atoms with Gasteiger partial charge >= 0.3 is 6.61 Å². The van der Waals surface area contributed by atoms with Crippen LogP contribution >= 0.6 is 12.4 Å². The van der Waals surface area contributed by atoms with Crippen LogP contribution in [0.25, 0.3) is 0 Å². The molecule has 0 radical (unpaired) electrons. The van der Waals surface area contributed by atoms with Crippen molar-refractivity contribution in [1.82, 2.24) is 5.43 Å². The molecule has 1 amide bonds. The number of nitrogens with two attached hydrogens (primary N) is 1. The van der Waals surface area contributed by atoms with E-state index in [0.29, 0.717) is 0 Å². The van der Waals surface area contributed by atoms with Crippen molar-refractivity contribution in [2.45, 2.75) is 6.61 Å². The number of hydrogen-bond donors (Lipinski definition) is 2. The number of nitrogens with one attached hydrogen (secondary N) is 1. The third-order valence-corrected chi connectivity index (χ3v) is 1.47. The molecular formula is C8H9ClF2N2O2. The molecule has 0 heterocycles. The van der Waals surface area contributed by atoms with E-state index in [4.69, 9.17) is 5.84 Å². The zero-order valence-corrected chi connectivity index (χ0v) is 8.26. The number of carbonyl (C=O) groups is 1. The summed E-state index contributed by atoms with van der Waals surface area (Å²) in [5.41, 5.74) is 2.19. The molecule has 1 aromatic rings. The number of amides is 1. The summed E-state index contributed by atoms with van der Waals surface area (Å²) in [6, 6.07) is 5.19. The van der Waals surface area contributed by atoms with Crippen LogP contribution in [0.4, 0.5) is 8.78 Å². The highest BCUT2D eigenvalue weighted by atomic mass is 35.5. The maximum absolute atomic E-state index is 11.7. The monoisotopic (exact) mass is 238 g/mol. The summed E-state index contributed by atoms with van der Waals surface area (Å²) in [6.07, 6.45) is 0. The van der Waals surface area contributed by atoms with Gasteiger partial charge < -0.3 is 4.74 Å². The van der Waals surface area contributed by atoms with Crippen LogP contribution in [0.2, 0.25) is 0 Å². The van der Waals surface area contributed by atoms with E-state index in [1.807, 2.05) is 5.43 Å². The van der Waals surface area contributed by atoms with Gasteiger partial charge in [-0.2, -0.15) is 8.78 Å². The van der Waals surface area contributed by atoms with Crippen LogP contribution in [0, 0.1) is 0 Å². The van der Waals surface area contributed by atoms with E-state index in [1.165, 1.54) is 24.3 Å². The Labute approximate surface area is 90.8 Å². The maximum Gasteiger partial charge on any atom is 0.387 e. The minimum Gasteiger partial charge on any atom is -0.435 e. The predicted molar refractivity (Wildman–Crippen MR) is 52.0 cm³/mol. The minimum absolute atomic E-state index is 0. The Morgan fingerprint density at radius 1 is 1.33 bits per heavy atom. The summed E-state index contributed by atoms with van der Waals surface area (Å²) in [4.78, 5) is 10.9. The number of carbonyl (C=O) groups excluding carboxylic acids is 1. The molecule has 15 heavy (non-hydrogen) atoms. The van der Waals surface area contributed by atoms with Crippen molar-refractivity contribution in [2.24, 2.45) is 5.84 Å². The van der Waals surface area contributed by atoms with Gasteiger partial charge in [0.25, 0.3) is 5.91 Å². The van der Waals surface area contributed by atoms with Gasteiger partial charge in [0.05, 0.1) is 0 Å². The molecule has 7 heteroatoms. The van der Waals surface area contributed by atoms with E-state index in [-0.39, 0.29) is 23.7 Å². The van der Waals surface area contributed by atoms with E-state index in [2.05, 4.69) is 4.74 Å². The number of hydrogen-bond acceptors (Lipinski definition) is 3. The van der Waals surface area contributed by atoms with Crippen LogP contribution in [-0.4, -0.2) is 12.5 Å². The van der Waals surface area contributed by atoms with Crippen molar-refractivity contribution in [3.63, 3.8) is 0 Å². The molecule has 0 aromatic heterocycles. The van der Waals surface area contributed by atoms with Gasteiger partial charge in [-0.3, -0.25) is 10.2 Å². The van der Waals surface area contributed by atoms with Crippen LogP contribution in [0.3, 0.4) is 0 Å². The summed E-state index contributed by atoms with van der Waals surface area (Å²) in [7, 11) is 0. The van der Waals surface area contributed by atoms with E-state index in [0.717, 1.165) is 0 Å². The van der Waals surface area contributed by atoms with Crippen molar-refractivity contribution in [3.05, 3.63) is 29.8 Å². The van der Waals surface area contributed by atoms with Crippen molar-refractivity contribution in [3.8, 4) is 5.75 Å². The molecule has 0 aliphatic heterocycles. The van der Waals surface area contributed by atoms with E-state index in [9.17, 15) is 13.6 Å². The second-order valence-corrected chi connectivity index (χ2v) is 2.38. The first-order valence-corrected chi connectivity index (χ1v) is 3.69. The molecule has 0 aliphatic carbocycles. The largest absolute Gasteiger partial charge is 0.435 e. The smallest absolute Gasteiger partial charge is 0.387 e. The van der Waals surface area contributed by atoms with Crippen molar-refractivity contribution < 1.29 is 18.3 Å². The van der Waals surface area contributed by atoms with Gasteiger partial charge in [0.2, 0.25) is 0 Å². The summed E-state index contributed by atoms with van der Waals surface area (Å²) in [5, 5.41) is 0. The van der Waals surface area contributed by atoms with Gasteiger partial charge in [0.1, 0.15) is 5.75 Å². The second kappa shape index (κ2) is 6.15. The molecule has 3 N–H and O–H groups in total. The van der Waals surface area contributed by atoms with Gasteiger partial charge in [-0.1, -0.05) is 0 Å². The Morgan fingerprint density at radius 2 is 1.87 bits per heavy atom. The van der Waals surface area contributed by atoms with Crippen molar-refractivity contribution in [2.75, 3.05) is 0 Å². The summed E-state index contributed by atoms with van der Waals surface area (Å²) in [5.74, 6) is 4.37. The Balaban J connectivity index is 0.00000196. The first kappa shape index (κ1) is 13.6. The first-order valence-electron chi connectivity index (χ1n) is 3.69. The third-order valence-electron chi connectivity index (χ3n) is 1.47. The molecule has 1 rings (SSSR count). The van der Waals surface area contributed by atoms with Gasteiger partial charge in [0, 0.05) is 5.56 Å². The van der Waals surface area contributed by atoms with E-state index in [1.54, 1.807) is 0 Å². The summed E-state index contributed by atoms with van der Waals surface area (Å²) < 4.78 is 27.5. The first-order chi connectivity index (χ1) is 6.63. The molecule has 0 fully saturated rings. The minimum atomic E-state index is -2.87. The van der Waals surface area contributed by atoms with E-state index >= 15 is 0 Å². The molecule has 84 valence electrons. The molecule has 0 aliphatic rings. The number of ether oxygens (including phenoxy) is 1. The average Bonchev–Trinajstić information content (AvgIpc) is 2.17. The fourth-order valence-electron chi connectivity index (χ4n) is 0.871. The van der Waals surface area contributed by atoms with Crippen molar-refractivity contribution >= 4 is 18.3 Å². The lowest BCUT2D eigenvalue weighted by Gasteiger charge is -2.04. The molecule has 0 atom stereocenters. The second-order valence-electron chi connectivity index (χ2n) is 2.38. The predicted octanol–water partition coefficient (Wildman–Crippen LogP) is 1.31. The van der Waals surface area contributed by atoms with Crippen molar-refractivity contribution in [1.29, 1.82) is 0 Å². The fraction of sp³-hybridized carbons (Fsp3) is 0.125. The Morgan fingerprint density at radius 3 is 2.27 bits per heavy atom. The summed E-state index contributed by atoms with van der Waals surface area (Å²) >= 11 is 0. The van der Waals surface area contributed by atoms with Crippen LogP contribution in [0.5, 0.6) is 5.75 Å². The molecule has 4 nitrogen and oxygen atoms in total. The van der Waals surface area contributed by atoms with Gasteiger partial charge in [0.15, 0.2) is 0 Å². The van der Waals surface area contributed by atoms with Gasteiger partial charge in [-0.15, -0.1) is 12.4 Å². The topological polar surface area (TPSA) is 64.3 Å². The standard InChI is InChI=1S/C8H8F2N2O2.ClH/c9-8(10)14-6-3-1-5(2-4-6)7(13)12-11;/h1-4,8H,11H2,(H,12,13);1H. The number of hydrazine groups is 1. The highest BCUT2D eigenvalue weighted by Gasteiger charge is 2.06. The quantitative estimate of drug-likeness (QED) is 0.474. The fourth-order valence-corrected chi connectivity index (χ4v) is 0.871. The SMILES string of the molecule is Cl.NNC(=O)c1ccc(OC(F)F)cc1. The van der Waals surface area contributed by atoms with Crippen LogP contribution < -0.4 is 16.0 Å². The number of halogens is 3. The summed E-state index contributed by atoms with van der Waals surface area (Å²) in [6.45, 7) is -2.87. The zero-order valence-electron chi connectivity index (χ0n) is 7.44. The number of alkyl halides is 2. The highest BCUT2D eigenvalue weighted by molar-refractivity contribution is 5.93. The zero-order chi connectivity index (χ0) is 10.6. The van der Waals surface area contributed by atoms with Crippen LogP contribution in [0.1, 0.15) is 10.4 Å². The molecule has 0 saturated heterocycles. The normalized spacial score (nSPS) is 9.33. The maximum atomic E-state index is 11.7. The molecule has 1 aromatic carbocycles. The average molecular weight is 239 g/mol. The van der Waals surface area contributed by atoms with Crippen LogP contribution in [-0.2, 0) is 0 Å². The highest BCUT2D eigenvalue weighted by Crippen LogP contribution is 2.14. The van der Waals surface area contributed by atoms with E-state index < -0.39 is 12.5 Å². The third kappa shape index (κ3) is 4.09. The lowest BCUT2D eigenvalue weighted by molar-refractivity contribution is -0.0498. The molecular weight excluding hydrogens is 230 g/mol. The molecule has 0 spiro atoms. The molecule has 0 bridgehead atoms.